The van der Waals surface area contributed by atoms with Gasteiger partial charge in [0.15, 0.2) is 0 Å². The summed E-state index contributed by atoms with van der Waals surface area (Å²) < 4.78 is 0.597. The minimum Gasteiger partial charge on any atom is -0.343 e. The number of rotatable bonds is 3. The highest BCUT2D eigenvalue weighted by Gasteiger charge is 2.04. The minimum atomic E-state index is 0.237. The number of nitrogens with zero attached hydrogens (tertiary/aromatic N) is 1. The van der Waals surface area contributed by atoms with Crippen LogP contribution in [0.25, 0.3) is 0 Å². The van der Waals surface area contributed by atoms with E-state index in [2.05, 4.69) is 22.6 Å². The Morgan fingerprint density at radius 1 is 1.44 bits per heavy atom. The van der Waals surface area contributed by atoms with Gasteiger partial charge < -0.3 is 4.90 Å². The van der Waals surface area contributed by atoms with Crippen LogP contribution in [0.5, 0.6) is 0 Å². The van der Waals surface area contributed by atoms with E-state index in [0.717, 1.165) is 13.1 Å². The molecule has 0 rings (SSSR count). The van der Waals surface area contributed by atoms with Gasteiger partial charge in [0.25, 0.3) is 0 Å². The van der Waals surface area contributed by atoms with E-state index in [1.54, 1.807) is 0 Å². The summed E-state index contributed by atoms with van der Waals surface area (Å²) in [6, 6.07) is 0. The third-order valence-electron chi connectivity index (χ3n) is 1.23. The molecule has 0 aromatic carbocycles. The van der Waals surface area contributed by atoms with Crippen molar-refractivity contribution in [1.82, 2.24) is 4.90 Å². The standard InChI is InChI=1S/C6H12INO/c1-3-8(4-2)6(9)5-7/h3-5H2,1-2H3. The van der Waals surface area contributed by atoms with Gasteiger partial charge in [0, 0.05) is 13.1 Å². The fourth-order valence-electron chi connectivity index (χ4n) is 0.661. The zero-order chi connectivity index (χ0) is 7.28. The van der Waals surface area contributed by atoms with E-state index in [4.69, 9.17) is 0 Å². The van der Waals surface area contributed by atoms with E-state index in [0.29, 0.717) is 4.43 Å². The van der Waals surface area contributed by atoms with Crippen molar-refractivity contribution >= 4 is 28.5 Å². The molecule has 0 aliphatic carbocycles. The molecule has 0 aromatic heterocycles. The summed E-state index contributed by atoms with van der Waals surface area (Å²) >= 11 is 2.08. The van der Waals surface area contributed by atoms with Crippen LogP contribution in [0.2, 0.25) is 0 Å². The van der Waals surface area contributed by atoms with Gasteiger partial charge in [-0.05, 0) is 13.8 Å². The van der Waals surface area contributed by atoms with E-state index in [9.17, 15) is 4.79 Å². The third kappa shape index (κ3) is 3.03. The van der Waals surface area contributed by atoms with Crippen molar-refractivity contribution in [2.75, 3.05) is 17.5 Å². The molecule has 0 atom stereocenters. The van der Waals surface area contributed by atoms with Crippen molar-refractivity contribution < 1.29 is 4.79 Å². The number of halogens is 1. The van der Waals surface area contributed by atoms with E-state index in [1.165, 1.54) is 0 Å². The molecule has 0 aliphatic heterocycles. The second-order valence-corrected chi connectivity index (χ2v) is 2.46. The Labute approximate surface area is 69.7 Å². The van der Waals surface area contributed by atoms with Crippen LogP contribution in [0.3, 0.4) is 0 Å². The van der Waals surface area contributed by atoms with Gasteiger partial charge in [0.05, 0.1) is 4.43 Å². The topological polar surface area (TPSA) is 20.3 Å². The molecular formula is C6H12INO. The molecule has 0 spiro atoms. The second-order valence-electron chi connectivity index (χ2n) is 1.70. The van der Waals surface area contributed by atoms with Gasteiger partial charge in [-0.15, -0.1) is 0 Å². The van der Waals surface area contributed by atoms with Gasteiger partial charge in [-0.3, -0.25) is 4.79 Å². The predicted octanol–water partition coefficient (Wildman–Crippen LogP) is 1.29. The molecule has 0 heterocycles. The molecule has 0 unspecified atom stereocenters. The van der Waals surface area contributed by atoms with Gasteiger partial charge >= 0.3 is 0 Å². The third-order valence-corrected chi connectivity index (χ3v) is 1.88. The summed E-state index contributed by atoms with van der Waals surface area (Å²) in [6.45, 7) is 5.65. The maximum Gasteiger partial charge on any atom is 0.232 e. The first-order valence-electron chi connectivity index (χ1n) is 3.10. The first-order valence-corrected chi connectivity index (χ1v) is 4.62. The molecule has 54 valence electrons. The number of hydrogen-bond acceptors (Lipinski definition) is 1. The Kier molecular flexibility index (Phi) is 5.13. The average molecular weight is 241 g/mol. The lowest BCUT2D eigenvalue weighted by atomic mass is 10.5. The Hall–Kier alpha value is 0.200. The SMILES string of the molecule is CCN(CC)C(=O)CI. The lowest BCUT2D eigenvalue weighted by molar-refractivity contribution is -0.127. The number of amides is 1. The molecule has 0 aliphatic rings. The molecule has 0 N–H and O–H groups in total. The lowest BCUT2D eigenvalue weighted by Gasteiger charge is -2.16. The summed E-state index contributed by atoms with van der Waals surface area (Å²) in [5.41, 5.74) is 0. The van der Waals surface area contributed by atoms with E-state index in [1.807, 2.05) is 18.7 Å². The summed E-state index contributed by atoms with van der Waals surface area (Å²) in [4.78, 5) is 12.7. The van der Waals surface area contributed by atoms with Crippen molar-refractivity contribution in [3.05, 3.63) is 0 Å². The Morgan fingerprint density at radius 3 is 2.00 bits per heavy atom. The minimum absolute atomic E-state index is 0.237. The van der Waals surface area contributed by atoms with Crippen molar-refractivity contribution in [1.29, 1.82) is 0 Å². The monoisotopic (exact) mass is 241 g/mol. The van der Waals surface area contributed by atoms with Crippen molar-refractivity contribution in [2.45, 2.75) is 13.8 Å². The van der Waals surface area contributed by atoms with Gasteiger partial charge in [-0.2, -0.15) is 0 Å². The van der Waals surface area contributed by atoms with Crippen LogP contribution >= 0.6 is 22.6 Å². The van der Waals surface area contributed by atoms with Crippen LogP contribution in [0.4, 0.5) is 0 Å². The van der Waals surface area contributed by atoms with Crippen LogP contribution in [0.1, 0.15) is 13.8 Å². The molecule has 0 bridgehead atoms. The highest BCUT2D eigenvalue weighted by molar-refractivity contribution is 14.1. The van der Waals surface area contributed by atoms with E-state index < -0.39 is 0 Å². The average Bonchev–Trinajstić information content (AvgIpc) is 1.90. The largest absolute Gasteiger partial charge is 0.343 e. The predicted molar refractivity (Wildman–Crippen MR) is 46.8 cm³/mol. The summed E-state index contributed by atoms with van der Waals surface area (Å²) in [7, 11) is 0. The van der Waals surface area contributed by atoms with Gasteiger partial charge in [0.1, 0.15) is 0 Å². The quantitative estimate of drug-likeness (QED) is 0.538. The smallest absolute Gasteiger partial charge is 0.232 e. The normalized spacial score (nSPS) is 9.22. The van der Waals surface area contributed by atoms with Crippen molar-refractivity contribution in [2.24, 2.45) is 0 Å². The molecule has 3 heteroatoms. The molecular weight excluding hydrogens is 229 g/mol. The number of carbonyl (C=O) groups excluding carboxylic acids is 1. The Bertz CT molecular complexity index is 91.1. The Balaban J connectivity index is 3.64. The van der Waals surface area contributed by atoms with Crippen LogP contribution in [-0.4, -0.2) is 28.3 Å². The highest BCUT2D eigenvalue weighted by atomic mass is 127. The number of alkyl halides is 1. The zero-order valence-electron chi connectivity index (χ0n) is 5.85. The van der Waals surface area contributed by atoms with Crippen LogP contribution < -0.4 is 0 Å². The maximum atomic E-state index is 10.9. The molecule has 2 nitrogen and oxygen atoms in total. The number of hydrogen-bond donors (Lipinski definition) is 0. The van der Waals surface area contributed by atoms with Crippen LogP contribution in [-0.2, 0) is 4.79 Å². The molecule has 0 fully saturated rings. The van der Waals surface area contributed by atoms with Crippen molar-refractivity contribution in [3.63, 3.8) is 0 Å². The molecule has 0 radical (unpaired) electrons. The maximum absolute atomic E-state index is 10.9. The van der Waals surface area contributed by atoms with Crippen LogP contribution in [0, 0.1) is 0 Å². The first kappa shape index (κ1) is 9.20. The van der Waals surface area contributed by atoms with Gasteiger partial charge in [-0.1, -0.05) is 22.6 Å². The Morgan fingerprint density at radius 2 is 1.89 bits per heavy atom. The molecule has 0 saturated carbocycles. The molecule has 1 amide bonds. The van der Waals surface area contributed by atoms with Crippen molar-refractivity contribution in [3.8, 4) is 0 Å². The first-order chi connectivity index (χ1) is 4.26. The second kappa shape index (κ2) is 5.02. The summed E-state index contributed by atoms with van der Waals surface area (Å²) in [5.74, 6) is 0.237. The summed E-state index contributed by atoms with van der Waals surface area (Å²) in [5, 5.41) is 0. The number of carbonyl (C=O) groups is 1. The highest BCUT2D eigenvalue weighted by Crippen LogP contribution is 1.92. The van der Waals surface area contributed by atoms with Gasteiger partial charge in [-0.25, -0.2) is 0 Å². The van der Waals surface area contributed by atoms with E-state index in [-0.39, 0.29) is 5.91 Å². The summed E-state index contributed by atoms with van der Waals surface area (Å²) in [6.07, 6.45) is 0. The molecule has 9 heavy (non-hydrogen) atoms. The van der Waals surface area contributed by atoms with Gasteiger partial charge in [0.2, 0.25) is 5.91 Å². The molecule has 0 saturated heterocycles. The lowest BCUT2D eigenvalue weighted by Crippen LogP contribution is -2.31. The fraction of sp³-hybridized carbons (Fsp3) is 0.833. The van der Waals surface area contributed by atoms with E-state index >= 15 is 0 Å². The zero-order valence-corrected chi connectivity index (χ0v) is 8.01. The van der Waals surface area contributed by atoms with Crippen LogP contribution in [0.15, 0.2) is 0 Å². The molecule has 0 aromatic rings. The fourth-order valence-corrected chi connectivity index (χ4v) is 1.14.